The molecule has 2 amide bonds. The van der Waals surface area contributed by atoms with Crippen molar-refractivity contribution in [1.82, 2.24) is 4.90 Å². The molecule has 2 atom stereocenters. The largest absolute Gasteiger partial charge is 0.456 e. The van der Waals surface area contributed by atoms with Crippen molar-refractivity contribution in [2.75, 3.05) is 11.9 Å². The Balaban J connectivity index is 1.62. The Hall–Kier alpha value is -2.53. The molecule has 1 saturated heterocycles. The first-order chi connectivity index (χ1) is 12.0. The Morgan fingerprint density at radius 3 is 2.80 bits per heavy atom. The van der Waals surface area contributed by atoms with Crippen LogP contribution >= 0.6 is 0 Å². The van der Waals surface area contributed by atoms with E-state index in [0.717, 1.165) is 34.8 Å². The summed E-state index contributed by atoms with van der Waals surface area (Å²) >= 11 is 0. The van der Waals surface area contributed by atoms with Crippen LogP contribution in [0.2, 0.25) is 0 Å². The molecule has 130 valence electrons. The Morgan fingerprint density at radius 2 is 2.00 bits per heavy atom. The van der Waals surface area contributed by atoms with Gasteiger partial charge in [0.2, 0.25) is 0 Å². The number of urea groups is 1. The fraction of sp³-hybridized carbons (Fsp3) is 0.350. The zero-order valence-electron chi connectivity index (χ0n) is 14.5. The van der Waals surface area contributed by atoms with Crippen molar-refractivity contribution in [2.45, 2.75) is 38.3 Å². The van der Waals surface area contributed by atoms with Gasteiger partial charge in [0.1, 0.15) is 11.2 Å². The van der Waals surface area contributed by atoms with Gasteiger partial charge in [-0.05, 0) is 44.9 Å². The summed E-state index contributed by atoms with van der Waals surface area (Å²) in [5, 5.41) is 15.1. The number of carbonyl (C=O) groups is 1. The van der Waals surface area contributed by atoms with Crippen molar-refractivity contribution >= 4 is 33.7 Å². The van der Waals surface area contributed by atoms with E-state index in [9.17, 15) is 9.90 Å². The van der Waals surface area contributed by atoms with Crippen LogP contribution in [0.3, 0.4) is 0 Å². The Morgan fingerprint density at radius 1 is 1.24 bits per heavy atom. The van der Waals surface area contributed by atoms with Gasteiger partial charge in [-0.1, -0.05) is 18.2 Å². The van der Waals surface area contributed by atoms with E-state index in [0.29, 0.717) is 12.2 Å². The zero-order valence-corrected chi connectivity index (χ0v) is 14.5. The van der Waals surface area contributed by atoms with Gasteiger partial charge in [-0.2, -0.15) is 0 Å². The minimum absolute atomic E-state index is 0.184. The van der Waals surface area contributed by atoms with Crippen LogP contribution in [-0.2, 0) is 0 Å². The van der Waals surface area contributed by atoms with Crippen LogP contribution in [0.1, 0.15) is 26.7 Å². The van der Waals surface area contributed by atoms with Crippen molar-refractivity contribution in [2.24, 2.45) is 0 Å². The van der Waals surface area contributed by atoms with Crippen LogP contribution in [0.4, 0.5) is 10.5 Å². The summed E-state index contributed by atoms with van der Waals surface area (Å²) in [6.45, 7) is 4.33. The molecule has 0 spiro atoms. The highest BCUT2D eigenvalue weighted by Crippen LogP contribution is 2.34. The summed E-state index contributed by atoms with van der Waals surface area (Å²) in [5.41, 5.74) is 1.75. The van der Waals surface area contributed by atoms with Crippen molar-refractivity contribution in [3.63, 3.8) is 0 Å². The Bertz CT molecular complexity index is 946. The van der Waals surface area contributed by atoms with Gasteiger partial charge >= 0.3 is 6.03 Å². The number of nitrogens with zero attached hydrogens (tertiary/aromatic N) is 1. The molecule has 1 fully saturated rings. The molecule has 25 heavy (non-hydrogen) atoms. The molecule has 3 aromatic rings. The number of benzene rings is 2. The van der Waals surface area contributed by atoms with Gasteiger partial charge in [-0.25, -0.2) is 4.79 Å². The van der Waals surface area contributed by atoms with Gasteiger partial charge in [0.05, 0.1) is 11.6 Å². The van der Waals surface area contributed by atoms with E-state index in [1.807, 2.05) is 49.4 Å². The molecule has 4 rings (SSSR count). The number of fused-ring (bicyclic) bond motifs is 3. The van der Waals surface area contributed by atoms with Gasteiger partial charge in [-0.15, -0.1) is 0 Å². The highest BCUT2D eigenvalue weighted by molar-refractivity contribution is 6.06. The van der Waals surface area contributed by atoms with E-state index < -0.39 is 11.6 Å². The maximum Gasteiger partial charge on any atom is 0.322 e. The third kappa shape index (κ3) is 2.55. The SMILES string of the molecule is CC(O)[C@]1(C)CCCN1C(=O)Nc1ccc2c(c1)oc1ccccc12. The van der Waals surface area contributed by atoms with Crippen LogP contribution in [0.25, 0.3) is 21.9 Å². The average molecular weight is 338 g/mol. The third-order valence-electron chi connectivity index (χ3n) is 5.46. The van der Waals surface area contributed by atoms with Crippen molar-refractivity contribution in [1.29, 1.82) is 0 Å². The molecule has 0 radical (unpaired) electrons. The molecule has 1 aliphatic heterocycles. The van der Waals surface area contributed by atoms with E-state index in [2.05, 4.69) is 5.32 Å². The standard InChI is InChI=1S/C20H22N2O3/c1-13(23)20(2)10-5-11-22(20)19(24)21-14-8-9-16-15-6-3-4-7-17(15)25-18(16)12-14/h3-4,6-9,12-13,23H,5,10-11H2,1-2H3,(H,21,24)/t13?,20-/m0/s1. The number of aliphatic hydroxyl groups is 1. The summed E-state index contributed by atoms with van der Waals surface area (Å²) < 4.78 is 5.87. The molecular formula is C20H22N2O3. The van der Waals surface area contributed by atoms with Crippen molar-refractivity contribution in [3.8, 4) is 0 Å². The lowest BCUT2D eigenvalue weighted by Gasteiger charge is -2.37. The topological polar surface area (TPSA) is 65.7 Å². The second-order valence-corrected chi connectivity index (χ2v) is 7.03. The summed E-state index contributed by atoms with van der Waals surface area (Å²) in [6.07, 6.45) is 1.14. The summed E-state index contributed by atoms with van der Waals surface area (Å²) in [7, 11) is 0. The van der Waals surface area contributed by atoms with Crippen LogP contribution in [-0.4, -0.2) is 34.2 Å². The van der Waals surface area contributed by atoms with Crippen LogP contribution in [0.5, 0.6) is 0 Å². The highest BCUT2D eigenvalue weighted by atomic mass is 16.3. The van der Waals surface area contributed by atoms with Gasteiger partial charge in [0.25, 0.3) is 0 Å². The second kappa shape index (κ2) is 5.77. The predicted molar refractivity (Wildman–Crippen MR) is 98.8 cm³/mol. The van der Waals surface area contributed by atoms with E-state index in [1.54, 1.807) is 11.8 Å². The maximum atomic E-state index is 12.7. The monoisotopic (exact) mass is 338 g/mol. The fourth-order valence-corrected chi connectivity index (χ4v) is 3.75. The average Bonchev–Trinajstić information content (AvgIpc) is 3.15. The lowest BCUT2D eigenvalue weighted by molar-refractivity contribution is 0.0384. The van der Waals surface area contributed by atoms with E-state index >= 15 is 0 Å². The molecule has 1 aromatic heterocycles. The maximum absolute atomic E-state index is 12.7. The molecule has 2 aromatic carbocycles. The Labute approximate surface area is 146 Å². The normalized spacial score (nSPS) is 21.8. The van der Waals surface area contributed by atoms with Crippen molar-refractivity contribution < 1.29 is 14.3 Å². The van der Waals surface area contributed by atoms with Gasteiger partial charge in [0.15, 0.2) is 0 Å². The smallest absolute Gasteiger partial charge is 0.322 e. The molecule has 0 saturated carbocycles. The van der Waals surface area contributed by atoms with Gasteiger partial charge < -0.3 is 19.7 Å². The number of likely N-dealkylation sites (tertiary alicyclic amines) is 1. The second-order valence-electron chi connectivity index (χ2n) is 7.03. The number of furan rings is 1. The number of hydrogen-bond acceptors (Lipinski definition) is 3. The molecule has 1 unspecified atom stereocenters. The number of rotatable bonds is 2. The highest BCUT2D eigenvalue weighted by Gasteiger charge is 2.43. The molecule has 1 aliphatic rings. The first-order valence-electron chi connectivity index (χ1n) is 8.67. The van der Waals surface area contributed by atoms with E-state index in [4.69, 9.17) is 4.42 Å². The number of amides is 2. The van der Waals surface area contributed by atoms with Gasteiger partial charge in [-0.3, -0.25) is 0 Å². The minimum Gasteiger partial charge on any atom is -0.456 e. The molecule has 0 bridgehead atoms. The summed E-state index contributed by atoms with van der Waals surface area (Å²) in [6, 6.07) is 13.4. The molecule has 5 heteroatoms. The predicted octanol–water partition coefficient (Wildman–Crippen LogP) is 4.35. The third-order valence-corrected chi connectivity index (χ3v) is 5.46. The molecule has 2 heterocycles. The summed E-state index contributed by atoms with van der Waals surface area (Å²) in [4.78, 5) is 14.5. The molecule has 0 aliphatic carbocycles. The number of para-hydroxylation sites is 1. The lowest BCUT2D eigenvalue weighted by Crippen LogP contribution is -2.53. The van der Waals surface area contributed by atoms with Crippen molar-refractivity contribution in [3.05, 3.63) is 42.5 Å². The number of anilines is 1. The lowest BCUT2D eigenvalue weighted by atomic mass is 9.93. The fourth-order valence-electron chi connectivity index (χ4n) is 3.75. The first kappa shape index (κ1) is 16.0. The molecule has 2 N–H and O–H groups in total. The number of hydrogen-bond donors (Lipinski definition) is 2. The quantitative estimate of drug-likeness (QED) is 0.730. The molecular weight excluding hydrogens is 316 g/mol. The number of carbonyl (C=O) groups excluding carboxylic acids is 1. The first-order valence-corrected chi connectivity index (χ1v) is 8.67. The number of nitrogens with one attached hydrogen (secondary N) is 1. The van der Waals surface area contributed by atoms with Crippen LogP contribution < -0.4 is 5.32 Å². The minimum atomic E-state index is -0.571. The zero-order chi connectivity index (χ0) is 17.6. The number of aliphatic hydroxyl groups excluding tert-OH is 1. The van der Waals surface area contributed by atoms with E-state index in [1.165, 1.54) is 0 Å². The van der Waals surface area contributed by atoms with Gasteiger partial charge in [0, 0.05) is 29.1 Å². The van der Waals surface area contributed by atoms with Crippen LogP contribution in [0, 0.1) is 0 Å². The van der Waals surface area contributed by atoms with Crippen LogP contribution in [0.15, 0.2) is 46.9 Å². The van der Waals surface area contributed by atoms with E-state index in [-0.39, 0.29) is 6.03 Å². The molecule has 5 nitrogen and oxygen atoms in total. The Kier molecular flexibility index (Phi) is 3.69. The summed E-state index contributed by atoms with van der Waals surface area (Å²) in [5.74, 6) is 0.